The van der Waals surface area contributed by atoms with Gasteiger partial charge in [0.1, 0.15) is 6.33 Å². The Morgan fingerprint density at radius 2 is 1.96 bits per heavy atom. The number of amides is 1. The number of nitro benzene ring substituents is 1. The summed E-state index contributed by atoms with van der Waals surface area (Å²) in [5.41, 5.74) is 1.89. The molecule has 1 heterocycles. The average Bonchev–Trinajstić information content (AvgIpc) is 3.11. The predicted molar refractivity (Wildman–Crippen MR) is 84.9 cm³/mol. The van der Waals surface area contributed by atoms with Crippen LogP contribution in [-0.2, 0) is 0 Å². The number of nitrogens with zero attached hydrogens (tertiary/aromatic N) is 5. The highest BCUT2D eigenvalue weighted by Crippen LogP contribution is 2.25. The molecule has 1 aromatic heterocycles. The van der Waals surface area contributed by atoms with E-state index in [1.54, 1.807) is 37.3 Å². The lowest BCUT2D eigenvalue weighted by Crippen LogP contribution is -2.13. The number of nitro groups is 1. The summed E-state index contributed by atoms with van der Waals surface area (Å²) in [5.74, 6) is -0.359. The molecule has 3 rings (SSSR count). The number of nitrogens with one attached hydrogen (secondary N) is 1. The minimum Gasteiger partial charge on any atom is -0.321 e. The molecule has 24 heavy (non-hydrogen) atoms. The first kappa shape index (κ1) is 15.3. The van der Waals surface area contributed by atoms with Gasteiger partial charge in [0.15, 0.2) is 0 Å². The molecule has 0 aliphatic carbocycles. The zero-order chi connectivity index (χ0) is 17.1. The minimum atomic E-state index is -0.480. The number of anilines is 1. The lowest BCUT2D eigenvalue weighted by atomic mass is 10.1. The van der Waals surface area contributed by atoms with Gasteiger partial charge in [-0.3, -0.25) is 14.9 Å². The van der Waals surface area contributed by atoms with E-state index in [0.29, 0.717) is 22.5 Å². The zero-order valence-corrected chi connectivity index (χ0v) is 12.6. The van der Waals surface area contributed by atoms with Crippen molar-refractivity contribution in [3.8, 4) is 5.69 Å². The molecule has 0 aliphatic heterocycles. The number of carbonyl (C=O) groups is 1. The van der Waals surface area contributed by atoms with Gasteiger partial charge in [0.2, 0.25) is 0 Å². The molecule has 0 atom stereocenters. The van der Waals surface area contributed by atoms with E-state index >= 15 is 0 Å². The van der Waals surface area contributed by atoms with E-state index in [0.717, 1.165) is 0 Å². The minimum absolute atomic E-state index is 0.0400. The van der Waals surface area contributed by atoms with Crippen LogP contribution in [0.2, 0.25) is 0 Å². The molecule has 2 aromatic carbocycles. The summed E-state index contributed by atoms with van der Waals surface area (Å²) >= 11 is 0. The average molecular weight is 324 g/mol. The number of hydrogen-bond donors (Lipinski definition) is 1. The Morgan fingerprint density at radius 1 is 1.21 bits per heavy atom. The molecule has 9 nitrogen and oxygen atoms in total. The summed E-state index contributed by atoms with van der Waals surface area (Å²) < 4.78 is 1.46. The lowest BCUT2D eigenvalue weighted by Gasteiger charge is -2.09. The Labute approximate surface area is 136 Å². The van der Waals surface area contributed by atoms with Gasteiger partial charge in [-0.05, 0) is 47.7 Å². The van der Waals surface area contributed by atoms with E-state index in [-0.39, 0.29) is 11.6 Å². The van der Waals surface area contributed by atoms with Crippen molar-refractivity contribution in [2.45, 2.75) is 6.92 Å². The van der Waals surface area contributed by atoms with E-state index < -0.39 is 4.92 Å². The number of aromatic nitrogens is 4. The van der Waals surface area contributed by atoms with Crippen LogP contribution in [0.25, 0.3) is 5.69 Å². The Morgan fingerprint density at radius 3 is 2.58 bits per heavy atom. The molecule has 1 amide bonds. The molecule has 1 N–H and O–H groups in total. The Bertz CT molecular complexity index is 890. The number of tetrazole rings is 1. The zero-order valence-electron chi connectivity index (χ0n) is 12.6. The van der Waals surface area contributed by atoms with Crippen LogP contribution in [0.5, 0.6) is 0 Å². The van der Waals surface area contributed by atoms with Gasteiger partial charge in [-0.15, -0.1) is 5.10 Å². The van der Waals surface area contributed by atoms with Crippen molar-refractivity contribution in [3.63, 3.8) is 0 Å². The maximum Gasteiger partial charge on any atom is 0.274 e. The van der Waals surface area contributed by atoms with Crippen LogP contribution in [0.15, 0.2) is 48.8 Å². The standard InChI is InChI=1S/C15H12N6O3/c1-10-13(3-2-4-14(10)21(23)24)17-15(22)11-5-7-12(8-6-11)20-9-16-18-19-20/h2-9H,1H3,(H,17,22). The first-order valence-corrected chi connectivity index (χ1v) is 6.95. The van der Waals surface area contributed by atoms with Gasteiger partial charge in [-0.25, -0.2) is 4.68 Å². The van der Waals surface area contributed by atoms with E-state index in [1.165, 1.54) is 23.1 Å². The van der Waals surface area contributed by atoms with Gasteiger partial charge >= 0.3 is 0 Å². The van der Waals surface area contributed by atoms with Gasteiger partial charge in [-0.2, -0.15) is 0 Å². The second-order valence-corrected chi connectivity index (χ2v) is 4.96. The predicted octanol–water partition coefficient (Wildman–Crippen LogP) is 2.13. The van der Waals surface area contributed by atoms with Gasteiger partial charge in [0, 0.05) is 11.6 Å². The van der Waals surface area contributed by atoms with Crippen LogP contribution < -0.4 is 5.32 Å². The smallest absolute Gasteiger partial charge is 0.274 e. The van der Waals surface area contributed by atoms with Crippen LogP contribution in [0.1, 0.15) is 15.9 Å². The number of rotatable bonds is 4. The summed E-state index contributed by atoms with van der Waals surface area (Å²) in [6.07, 6.45) is 1.45. The number of hydrogen-bond acceptors (Lipinski definition) is 6. The second-order valence-electron chi connectivity index (χ2n) is 4.96. The van der Waals surface area contributed by atoms with Gasteiger partial charge in [-0.1, -0.05) is 6.07 Å². The highest BCUT2D eigenvalue weighted by atomic mass is 16.6. The number of carbonyl (C=O) groups excluding carboxylic acids is 1. The second kappa shape index (κ2) is 6.24. The summed E-state index contributed by atoms with van der Waals surface area (Å²) in [6.45, 7) is 1.59. The molecule has 0 spiro atoms. The quantitative estimate of drug-likeness (QED) is 0.580. The molecule has 3 aromatic rings. The summed E-state index contributed by atoms with van der Waals surface area (Å²) in [5, 5.41) is 24.5. The Balaban J connectivity index is 1.81. The van der Waals surface area contributed by atoms with E-state index in [1.807, 2.05) is 0 Å². The van der Waals surface area contributed by atoms with E-state index in [9.17, 15) is 14.9 Å². The van der Waals surface area contributed by atoms with Crippen molar-refractivity contribution in [1.82, 2.24) is 20.2 Å². The topological polar surface area (TPSA) is 116 Å². The van der Waals surface area contributed by atoms with Crippen LogP contribution in [0, 0.1) is 17.0 Å². The van der Waals surface area contributed by atoms with Gasteiger partial charge in [0.05, 0.1) is 21.9 Å². The molecule has 0 aliphatic rings. The SMILES string of the molecule is Cc1c(NC(=O)c2ccc(-n3cnnn3)cc2)cccc1[N+](=O)[O-]. The number of benzene rings is 2. The Kier molecular flexibility index (Phi) is 3.98. The molecular formula is C15H12N6O3. The van der Waals surface area contributed by atoms with Gasteiger partial charge < -0.3 is 5.32 Å². The fourth-order valence-electron chi connectivity index (χ4n) is 2.20. The molecular weight excluding hydrogens is 312 g/mol. The largest absolute Gasteiger partial charge is 0.321 e. The van der Waals surface area contributed by atoms with Crippen molar-refractivity contribution in [2.75, 3.05) is 5.32 Å². The fraction of sp³-hybridized carbons (Fsp3) is 0.0667. The Hall–Kier alpha value is -3.62. The highest BCUT2D eigenvalue weighted by Gasteiger charge is 2.15. The maximum absolute atomic E-state index is 12.3. The molecule has 0 radical (unpaired) electrons. The van der Waals surface area contributed by atoms with E-state index in [2.05, 4.69) is 20.8 Å². The molecule has 0 bridgehead atoms. The third-order valence-electron chi connectivity index (χ3n) is 3.49. The molecule has 9 heteroatoms. The summed E-state index contributed by atoms with van der Waals surface area (Å²) in [6, 6.07) is 11.2. The summed E-state index contributed by atoms with van der Waals surface area (Å²) in [7, 11) is 0. The summed E-state index contributed by atoms with van der Waals surface area (Å²) in [4.78, 5) is 22.8. The lowest BCUT2D eigenvalue weighted by molar-refractivity contribution is -0.385. The normalized spacial score (nSPS) is 10.4. The van der Waals surface area contributed by atoms with E-state index in [4.69, 9.17) is 0 Å². The van der Waals surface area contributed by atoms with Crippen LogP contribution in [0.4, 0.5) is 11.4 Å². The monoisotopic (exact) mass is 324 g/mol. The third-order valence-corrected chi connectivity index (χ3v) is 3.49. The molecule has 0 fully saturated rings. The molecule has 120 valence electrons. The van der Waals surface area contributed by atoms with Crippen molar-refractivity contribution in [2.24, 2.45) is 0 Å². The van der Waals surface area contributed by atoms with Crippen molar-refractivity contribution in [1.29, 1.82) is 0 Å². The maximum atomic E-state index is 12.3. The first-order valence-electron chi connectivity index (χ1n) is 6.95. The van der Waals surface area contributed by atoms with Crippen molar-refractivity contribution in [3.05, 3.63) is 70.0 Å². The molecule has 0 unspecified atom stereocenters. The van der Waals surface area contributed by atoms with Crippen LogP contribution >= 0.6 is 0 Å². The van der Waals surface area contributed by atoms with Gasteiger partial charge in [0.25, 0.3) is 11.6 Å². The molecule has 0 saturated carbocycles. The third kappa shape index (κ3) is 2.95. The highest BCUT2D eigenvalue weighted by molar-refractivity contribution is 6.05. The molecule has 0 saturated heterocycles. The van der Waals surface area contributed by atoms with Crippen molar-refractivity contribution >= 4 is 17.3 Å². The first-order chi connectivity index (χ1) is 11.6. The van der Waals surface area contributed by atoms with Crippen LogP contribution in [-0.4, -0.2) is 31.0 Å². The van der Waals surface area contributed by atoms with Crippen LogP contribution in [0.3, 0.4) is 0 Å². The van der Waals surface area contributed by atoms with Crippen molar-refractivity contribution < 1.29 is 9.72 Å². The fourth-order valence-corrected chi connectivity index (χ4v) is 2.20.